The molecule has 1 aromatic carbocycles. The highest BCUT2D eigenvalue weighted by molar-refractivity contribution is 7.19. The van der Waals surface area contributed by atoms with Crippen LogP contribution in [-0.2, 0) is 17.6 Å². The largest absolute Gasteiger partial charge is 0.349 e. The first-order chi connectivity index (χ1) is 14.5. The molecule has 2 aromatic heterocycles. The number of nitrogens with zero attached hydrogens (tertiary/aromatic N) is 4. The van der Waals surface area contributed by atoms with Gasteiger partial charge in [-0.25, -0.2) is 9.97 Å². The second-order valence-electron chi connectivity index (χ2n) is 8.77. The van der Waals surface area contributed by atoms with E-state index in [0.29, 0.717) is 0 Å². The molecule has 6 heteroatoms. The maximum Gasteiger partial charge on any atom is 0.227 e. The lowest BCUT2D eigenvalue weighted by atomic mass is 9.96. The highest BCUT2D eigenvalue weighted by Gasteiger charge is 2.29. The molecule has 1 aliphatic heterocycles. The third-order valence-electron chi connectivity index (χ3n) is 6.45. The number of hydrogen-bond donors (Lipinski definition) is 0. The molecular weight excluding hydrogens is 392 g/mol. The summed E-state index contributed by atoms with van der Waals surface area (Å²) in [5.74, 6) is 1.16. The minimum Gasteiger partial charge on any atom is -0.349 e. The number of thiophene rings is 1. The summed E-state index contributed by atoms with van der Waals surface area (Å²) in [6.45, 7) is 3.77. The fourth-order valence-corrected chi connectivity index (χ4v) is 5.99. The molecule has 0 unspecified atom stereocenters. The second-order valence-corrected chi connectivity index (χ2v) is 9.85. The lowest BCUT2D eigenvalue weighted by Crippen LogP contribution is -2.40. The van der Waals surface area contributed by atoms with E-state index >= 15 is 0 Å². The first-order valence-corrected chi connectivity index (χ1v) is 11.7. The summed E-state index contributed by atoms with van der Waals surface area (Å²) in [6.07, 6.45) is 5.25. The van der Waals surface area contributed by atoms with Crippen molar-refractivity contribution in [3.8, 4) is 11.3 Å². The zero-order valence-corrected chi connectivity index (χ0v) is 18.8. The Hall–Kier alpha value is -2.47. The zero-order valence-electron chi connectivity index (χ0n) is 17.9. The summed E-state index contributed by atoms with van der Waals surface area (Å²) >= 11 is 1.85. The van der Waals surface area contributed by atoms with E-state index in [-0.39, 0.29) is 11.8 Å². The third-order valence-corrected chi connectivity index (χ3v) is 7.63. The molecule has 0 atom stereocenters. The molecule has 5 rings (SSSR count). The fraction of sp³-hybridized carbons (Fsp3) is 0.458. The van der Waals surface area contributed by atoms with Crippen LogP contribution < -0.4 is 4.90 Å². The molecule has 0 spiro atoms. The first-order valence-electron chi connectivity index (χ1n) is 10.9. The molecule has 1 aliphatic carbocycles. The van der Waals surface area contributed by atoms with E-state index in [0.717, 1.165) is 55.2 Å². The van der Waals surface area contributed by atoms with Gasteiger partial charge in [-0.2, -0.15) is 0 Å². The molecule has 0 radical (unpaired) electrons. The minimum absolute atomic E-state index is 0.113. The van der Waals surface area contributed by atoms with Crippen molar-refractivity contribution in [3.05, 3.63) is 40.3 Å². The van der Waals surface area contributed by atoms with Crippen LogP contribution in [0.2, 0.25) is 0 Å². The number of carbonyl (C=O) groups is 1. The Balaban J connectivity index is 1.53. The predicted molar refractivity (Wildman–Crippen MR) is 123 cm³/mol. The van der Waals surface area contributed by atoms with Crippen LogP contribution in [0.1, 0.15) is 35.3 Å². The monoisotopic (exact) mass is 420 g/mol. The van der Waals surface area contributed by atoms with Crippen molar-refractivity contribution in [1.29, 1.82) is 0 Å². The summed E-state index contributed by atoms with van der Waals surface area (Å²) < 4.78 is 0. The van der Waals surface area contributed by atoms with Gasteiger partial charge in [-0.3, -0.25) is 4.79 Å². The molecule has 30 heavy (non-hydrogen) atoms. The van der Waals surface area contributed by atoms with Gasteiger partial charge >= 0.3 is 0 Å². The molecule has 0 N–H and O–H groups in total. The van der Waals surface area contributed by atoms with Crippen molar-refractivity contribution in [3.63, 3.8) is 0 Å². The number of hydrogen-bond acceptors (Lipinski definition) is 5. The van der Waals surface area contributed by atoms with Gasteiger partial charge in [0.1, 0.15) is 4.83 Å². The van der Waals surface area contributed by atoms with E-state index in [9.17, 15) is 4.79 Å². The maximum atomic E-state index is 12.3. The summed E-state index contributed by atoms with van der Waals surface area (Å²) in [4.78, 5) is 29.0. The Morgan fingerprint density at radius 3 is 2.53 bits per heavy atom. The van der Waals surface area contributed by atoms with E-state index in [2.05, 4.69) is 36.1 Å². The van der Waals surface area contributed by atoms with Gasteiger partial charge in [0, 0.05) is 48.9 Å². The quantitative estimate of drug-likeness (QED) is 0.628. The van der Waals surface area contributed by atoms with Crippen LogP contribution in [0.3, 0.4) is 0 Å². The lowest BCUT2D eigenvalue weighted by Gasteiger charge is -2.32. The van der Waals surface area contributed by atoms with E-state index in [4.69, 9.17) is 9.97 Å². The molecule has 0 saturated carbocycles. The lowest BCUT2D eigenvalue weighted by molar-refractivity contribution is -0.133. The van der Waals surface area contributed by atoms with Crippen molar-refractivity contribution >= 4 is 33.4 Å². The maximum absolute atomic E-state index is 12.3. The number of rotatable bonds is 3. The molecule has 3 aromatic rings. The Bertz CT molecular complexity index is 1090. The van der Waals surface area contributed by atoms with Crippen molar-refractivity contribution < 1.29 is 4.79 Å². The molecule has 1 saturated heterocycles. The molecule has 0 bridgehead atoms. The molecular formula is C24H28N4OS. The van der Waals surface area contributed by atoms with Gasteiger partial charge < -0.3 is 9.80 Å². The number of aromatic nitrogens is 2. The highest BCUT2D eigenvalue weighted by atomic mass is 32.1. The molecule has 5 nitrogen and oxygen atoms in total. The Kier molecular flexibility index (Phi) is 4.97. The second kappa shape index (κ2) is 7.65. The van der Waals surface area contributed by atoms with E-state index in [1.165, 1.54) is 33.4 Å². The first kappa shape index (κ1) is 19.5. The molecule has 156 valence electrons. The van der Waals surface area contributed by atoms with Gasteiger partial charge in [0.15, 0.2) is 0 Å². The normalized spacial score (nSPS) is 16.8. The molecule has 2 aliphatic rings. The number of fused-ring (bicyclic) bond motifs is 3. The van der Waals surface area contributed by atoms with Crippen molar-refractivity contribution in [2.45, 2.75) is 39.0 Å². The molecule has 1 amide bonds. The summed E-state index contributed by atoms with van der Waals surface area (Å²) in [6, 6.07) is 8.69. The van der Waals surface area contributed by atoms with E-state index < -0.39 is 0 Å². The zero-order chi connectivity index (χ0) is 20.8. The van der Waals surface area contributed by atoms with Gasteiger partial charge in [-0.15, -0.1) is 11.3 Å². The summed E-state index contributed by atoms with van der Waals surface area (Å²) in [7, 11) is 3.69. The van der Waals surface area contributed by atoms with Crippen LogP contribution >= 0.6 is 11.3 Å². The van der Waals surface area contributed by atoms with E-state index in [1.807, 2.05) is 25.4 Å². The standard InChI is InChI=1S/C24H28N4OS/c1-15-7-9-16(10-8-15)21-20-18-5-4-6-19(18)30-22(20)26-24(25-21)28-13-11-17(12-14-28)23(29)27(2)3/h7-10,17H,4-6,11-14H2,1-3H3. The van der Waals surface area contributed by atoms with E-state index in [1.54, 1.807) is 4.90 Å². The number of piperidine rings is 1. The average molecular weight is 421 g/mol. The van der Waals surface area contributed by atoms with Crippen LogP contribution in [0.15, 0.2) is 24.3 Å². The summed E-state index contributed by atoms with van der Waals surface area (Å²) in [5.41, 5.74) is 4.96. The number of benzene rings is 1. The number of aryl methyl sites for hydroxylation is 3. The van der Waals surface area contributed by atoms with Crippen LogP contribution in [0, 0.1) is 12.8 Å². The van der Waals surface area contributed by atoms with Crippen LogP contribution in [0.5, 0.6) is 0 Å². The smallest absolute Gasteiger partial charge is 0.227 e. The van der Waals surface area contributed by atoms with Crippen molar-refractivity contribution in [2.75, 3.05) is 32.1 Å². The third kappa shape index (κ3) is 3.37. The van der Waals surface area contributed by atoms with Gasteiger partial charge in [0.25, 0.3) is 0 Å². The number of carbonyl (C=O) groups excluding carboxylic acids is 1. The fourth-order valence-electron chi connectivity index (χ4n) is 4.74. The predicted octanol–water partition coefficient (Wildman–Crippen LogP) is 4.46. The van der Waals surface area contributed by atoms with Crippen molar-refractivity contribution in [1.82, 2.24) is 14.9 Å². The Labute approximate surface area is 181 Å². The molecule has 1 fully saturated rings. The van der Waals surface area contributed by atoms with Crippen LogP contribution in [0.4, 0.5) is 5.95 Å². The molecule has 3 heterocycles. The van der Waals surface area contributed by atoms with Gasteiger partial charge in [-0.05, 0) is 44.6 Å². The SMILES string of the molecule is Cc1ccc(-c2nc(N3CCC(C(=O)N(C)C)CC3)nc3sc4c(c23)CCC4)cc1. The topological polar surface area (TPSA) is 49.3 Å². The Morgan fingerprint density at radius 1 is 1.10 bits per heavy atom. The van der Waals surface area contributed by atoms with Crippen LogP contribution in [-0.4, -0.2) is 48.0 Å². The van der Waals surface area contributed by atoms with Crippen molar-refractivity contribution in [2.24, 2.45) is 5.92 Å². The highest BCUT2D eigenvalue weighted by Crippen LogP contribution is 2.42. The number of anilines is 1. The minimum atomic E-state index is 0.113. The van der Waals surface area contributed by atoms with Gasteiger partial charge in [0.05, 0.1) is 5.69 Å². The Morgan fingerprint density at radius 2 is 1.83 bits per heavy atom. The number of amides is 1. The van der Waals surface area contributed by atoms with Crippen LogP contribution in [0.25, 0.3) is 21.5 Å². The summed E-state index contributed by atoms with van der Waals surface area (Å²) in [5, 5.41) is 1.26. The van der Waals surface area contributed by atoms with Gasteiger partial charge in [0.2, 0.25) is 11.9 Å². The average Bonchev–Trinajstić information content (AvgIpc) is 3.34. The van der Waals surface area contributed by atoms with Gasteiger partial charge in [-0.1, -0.05) is 29.8 Å².